The Morgan fingerprint density at radius 2 is 1.50 bits per heavy atom. The van der Waals surface area contributed by atoms with Crippen molar-refractivity contribution in [3.8, 4) is 0 Å². The first kappa shape index (κ1) is 19.4. The Morgan fingerprint density at radius 3 is 1.80 bits per heavy atom. The van der Waals surface area contributed by atoms with E-state index in [0.717, 1.165) is 5.57 Å². The maximum Gasteiger partial charge on any atom is 0.333 e. The van der Waals surface area contributed by atoms with Gasteiger partial charge in [0.2, 0.25) is 0 Å². The van der Waals surface area contributed by atoms with Crippen LogP contribution in [0.3, 0.4) is 0 Å². The summed E-state index contributed by atoms with van der Waals surface area (Å²) in [7, 11) is -0.406. The number of methoxy groups -OCH3 is 1. The van der Waals surface area contributed by atoms with E-state index in [1.807, 2.05) is 6.92 Å². The molecule has 20 heavy (non-hydrogen) atoms. The van der Waals surface area contributed by atoms with Crippen LogP contribution in [0.25, 0.3) is 0 Å². The van der Waals surface area contributed by atoms with Crippen molar-refractivity contribution < 1.29 is 14.0 Å². The third-order valence-corrected chi connectivity index (χ3v) is 8.71. The van der Waals surface area contributed by atoms with Gasteiger partial charge >= 0.3 is 5.97 Å². The second kappa shape index (κ2) is 6.44. The fourth-order valence-electron chi connectivity index (χ4n) is 1.63. The van der Waals surface area contributed by atoms with E-state index in [1.54, 1.807) is 0 Å². The number of carbonyl (C=O) groups excluding carboxylic acids is 1. The minimum absolute atomic E-state index is 0.110. The van der Waals surface area contributed by atoms with Crippen molar-refractivity contribution in [1.29, 1.82) is 0 Å². The summed E-state index contributed by atoms with van der Waals surface area (Å²) in [6.45, 7) is 19.7. The van der Waals surface area contributed by atoms with Crippen molar-refractivity contribution in [1.82, 2.24) is 0 Å². The van der Waals surface area contributed by atoms with E-state index < -0.39 is 8.32 Å². The van der Waals surface area contributed by atoms with Gasteiger partial charge in [-0.1, -0.05) is 41.5 Å². The predicted molar refractivity (Wildman–Crippen MR) is 87.3 cm³/mol. The van der Waals surface area contributed by atoms with E-state index in [9.17, 15) is 4.79 Å². The highest BCUT2D eigenvalue weighted by molar-refractivity contribution is 6.74. The van der Waals surface area contributed by atoms with E-state index in [1.165, 1.54) is 7.11 Å². The summed E-state index contributed by atoms with van der Waals surface area (Å²) in [5, 5.41) is 0.162. The molecule has 4 heteroatoms. The Balaban J connectivity index is 5.31. The molecule has 0 aromatic heterocycles. The van der Waals surface area contributed by atoms with E-state index >= 15 is 0 Å². The molecule has 0 heterocycles. The minimum atomic E-state index is -1.82. The summed E-state index contributed by atoms with van der Waals surface area (Å²) in [5.74, 6) is -0.270. The van der Waals surface area contributed by atoms with Gasteiger partial charge in [-0.05, 0) is 36.0 Å². The molecule has 0 bridgehead atoms. The molecule has 0 aromatic rings. The standard InChI is InChI=1S/C16H32O3Si/c1-12(14(17)18-8)13(15(2,3)4)11-19-20(9,10)16(5,6)7/h11H2,1-10H3/b13-12+. The molecule has 0 aliphatic carbocycles. The molecule has 0 saturated carbocycles. The van der Waals surface area contributed by atoms with Gasteiger partial charge in [-0.25, -0.2) is 4.79 Å². The summed E-state index contributed by atoms with van der Waals surface area (Å²) >= 11 is 0. The number of carbonyl (C=O) groups is 1. The SMILES string of the molecule is COC(=O)/C(C)=C(\CO[Si](C)(C)C(C)(C)C)C(C)(C)C. The van der Waals surface area contributed by atoms with Crippen LogP contribution in [0.5, 0.6) is 0 Å². The van der Waals surface area contributed by atoms with Crippen molar-refractivity contribution in [2.24, 2.45) is 5.41 Å². The van der Waals surface area contributed by atoms with Crippen LogP contribution in [-0.2, 0) is 14.0 Å². The van der Waals surface area contributed by atoms with Crippen LogP contribution in [0.2, 0.25) is 18.1 Å². The Morgan fingerprint density at radius 1 is 1.05 bits per heavy atom. The lowest BCUT2D eigenvalue weighted by molar-refractivity contribution is -0.136. The van der Waals surface area contributed by atoms with Gasteiger partial charge < -0.3 is 9.16 Å². The van der Waals surface area contributed by atoms with Crippen LogP contribution in [0.4, 0.5) is 0 Å². The highest BCUT2D eigenvalue weighted by Crippen LogP contribution is 2.38. The Kier molecular flexibility index (Phi) is 6.24. The van der Waals surface area contributed by atoms with Crippen molar-refractivity contribution in [2.45, 2.75) is 66.6 Å². The zero-order chi connectivity index (χ0) is 16.4. The highest BCUT2D eigenvalue weighted by Gasteiger charge is 2.38. The topological polar surface area (TPSA) is 35.5 Å². The van der Waals surface area contributed by atoms with Crippen molar-refractivity contribution in [3.63, 3.8) is 0 Å². The van der Waals surface area contributed by atoms with Crippen molar-refractivity contribution >= 4 is 14.3 Å². The maximum atomic E-state index is 11.8. The largest absolute Gasteiger partial charge is 0.466 e. The third kappa shape index (κ3) is 5.06. The second-order valence-corrected chi connectivity index (χ2v) is 12.7. The minimum Gasteiger partial charge on any atom is -0.466 e. The van der Waals surface area contributed by atoms with E-state index in [2.05, 4.69) is 54.6 Å². The molecule has 0 N–H and O–H groups in total. The molecule has 0 saturated heterocycles. The molecule has 0 rings (SSSR count). The van der Waals surface area contributed by atoms with Gasteiger partial charge in [-0.2, -0.15) is 0 Å². The number of hydrogen-bond acceptors (Lipinski definition) is 3. The van der Waals surface area contributed by atoms with Crippen molar-refractivity contribution in [2.75, 3.05) is 13.7 Å². The molecule has 0 amide bonds. The van der Waals surface area contributed by atoms with Gasteiger partial charge in [0.15, 0.2) is 8.32 Å². The van der Waals surface area contributed by atoms with E-state index in [-0.39, 0.29) is 16.4 Å². The summed E-state index contributed by atoms with van der Waals surface area (Å²) in [4.78, 5) is 11.8. The second-order valence-electron chi connectivity index (χ2n) is 7.89. The fraction of sp³-hybridized carbons (Fsp3) is 0.812. The van der Waals surface area contributed by atoms with Crippen LogP contribution in [0, 0.1) is 5.41 Å². The van der Waals surface area contributed by atoms with Gasteiger partial charge in [0, 0.05) is 5.57 Å². The molecule has 3 nitrogen and oxygen atoms in total. The van der Waals surface area contributed by atoms with Crippen LogP contribution in [0.15, 0.2) is 11.1 Å². The Bertz CT molecular complexity index is 382. The average molecular weight is 301 g/mol. The summed E-state index contributed by atoms with van der Waals surface area (Å²) in [6.07, 6.45) is 0. The van der Waals surface area contributed by atoms with E-state index in [0.29, 0.717) is 12.2 Å². The quantitative estimate of drug-likeness (QED) is 0.434. The summed E-state index contributed by atoms with van der Waals surface area (Å²) < 4.78 is 11.1. The first-order valence-electron chi connectivity index (χ1n) is 7.16. The maximum absolute atomic E-state index is 11.8. The molecule has 0 unspecified atom stereocenters. The molecular formula is C16H32O3Si. The van der Waals surface area contributed by atoms with E-state index in [4.69, 9.17) is 9.16 Å². The predicted octanol–water partition coefficient (Wildman–Crippen LogP) is 4.54. The lowest BCUT2D eigenvalue weighted by atomic mass is 9.84. The monoisotopic (exact) mass is 300 g/mol. The molecule has 0 aromatic carbocycles. The Hall–Kier alpha value is -0.613. The molecule has 0 aliphatic heterocycles. The third-order valence-electron chi connectivity index (χ3n) is 4.23. The van der Waals surface area contributed by atoms with Crippen LogP contribution < -0.4 is 0 Å². The first-order chi connectivity index (χ1) is 8.74. The lowest BCUT2D eigenvalue weighted by Gasteiger charge is -2.38. The van der Waals surface area contributed by atoms with Gasteiger partial charge in [0.1, 0.15) is 0 Å². The normalized spacial score (nSPS) is 14.9. The summed E-state index contributed by atoms with van der Waals surface area (Å²) in [5.41, 5.74) is 1.58. The first-order valence-corrected chi connectivity index (χ1v) is 10.1. The number of hydrogen-bond donors (Lipinski definition) is 0. The fourth-order valence-corrected chi connectivity index (χ4v) is 2.57. The molecule has 0 spiro atoms. The molecule has 0 aliphatic rings. The molecule has 0 fully saturated rings. The Labute approximate surface area is 125 Å². The van der Waals surface area contributed by atoms with Crippen LogP contribution in [0.1, 0.15) is 48.5 Å². The van der Waals surface area contributed by atoms with Crippen LogP contribution >= 0.6 is 0 Å². The van der Waals surface area contributed by atoms with Gasteiger partial charge in [0.05, 0.1) is 13.7 Å². The molecular weight excluding hydrogens is 268 g/mol. The number of esters is 1. The summed E-state index contributed by atoms with van der Waals surface area (Å²) in [6, 6.07) is 0. The number of ether oxygens (including phenoxy) is 1. The zero-order valence-electron chi connectivity index (χ0n) is 14.9. The number of rotatable bonds is 4. The lowest BCUT2D eigenvalue weighted by Crippen LogP contribution is -2.42. The average Bonchev–Trinajstić information content (AvgIpc) is 2.24. The van der Waals surface area contributed by atoms with Crippen molar-refractivity contribution in [3.05, 3.63) is 11.1 Å². The van der Waals surface area contributed by atoms with Gasteiger partial charge in [-0.3, -0.25) is 0 Å². The zero-order valence-corrected chi connectivity index (χ0v) is 15.9. The molecule has 118 valence electrons. The van der Waals surface area contributed by atoms with Gasteiger partial charge in [-0.15, -0.1) is 0 Å². The van der Waals surface area contributed by atoms with Crippen LogP contribution in [-0.4, -0.2) is 28.0 Å². The molecule has 0 radical (unpaired) electrons. The molecule has 0 atom stereocenters. The highest BCUT2D eigenvalue weighted by atomic mass is 28.4. The smallest absolute Gasteiger partial charge is 0.333 e. The van der Waals surface area contributed by atoms with Gasteiger partial charge in [0.25, 0.3) is 0 Å².